The summed E-state index contributed by atoms with van der Waals surface area (Å²) < 4.78 is 0. The molecule has 0 radical (unpaired) electrons. The van der Waals surface area contributed by atoms with E-state index in [1.807, 2.05) is 0 Å². The first-order chi connectivity index (χ1) is 7.94. The summed E-state index contributed by atoms with van der Waals surface area (Å²) in [6, 6.07) is 0. The van der Waals surface area contributed by atoms with E-state index in [9.17, 15) is 0 Å². The molecule has 2 nitrogen and oxygen atoms in total. The average molecular weight is 238 g/mol. The maximum absolute atomic E-state index is 6.02. The fourth-order valence-electron chi connectivity index (χ4n) is 3.90. The molecule has 0 amide bonds. The third kappa shape index (κ3) is 3.96. The van der Waals surface area contributed by atoms with Gasteiger partial charge in [-0.3, -0.25) is 0 Å². The number of nitrogens with two attached hydrogens (primary N) is 1. The van der Waals surface area contributed by atoms with Gasteiger partial charge in [0, 0.05) is 12.1 Å². The van der Waals surface area contributed by atoms with E-state index in [0.717, 1.165) is 24.2 Å². The standard InChI is InChI=1S/C15H30N2/c1-15(2,16)7-4-8-17(3)11-14-10-12-5-6-13(14)9-12/h12-14H,4-11,16H2,1-3H3. The minimum atomic E-state index is 0.00721. The molecule has 0 aromatic rings. The Labute approximate surface area is 107 Å². The quantitative estimate of drug-likeness (QED) is 0.771. The predicted octanol–water partition coefficient (Wildman–Crippen LogP) is 2.87. The molecule has 3 unspecified atom stereocenters. The van der Waals surface area contributed by atoms with Gasteiger partial charge in [-0.15, -0.1) is 0 Å². The monoisotopic (exact) mass is 238 g/mol. The molecule has 0 heterocycles. The second-order valence-corrected chi connectivity index (χ2v) is 7.29. The first-order valence-electron chi connectivity index (χ1n) is 7.41. The van der Waals surface area contributed by atoms with Gasteiger partial charge < -0.3 is 10.6 Å². The highest BCUT2D eigenvalue weighted by molar-refractivity contribution is 4.90. The topological polar surface area (TPSA) is 29.3 Å². The predicted molar refractivity (Wildman–Crippen MR) is 73.9 cm³/mol. The maximum Gasteiger partial charge on any atom is 0.00975 e. The lowest BCUT2D eigenvalue weighted by molar-refractivity contribution is 0.214. The second-order valence-electron chi connectivity index (χ2n) is 7.29. The third-order valence-corrected chi connectivity index (χ3v) is 4.79. The van der Waals surface area contributed by atoms with Gasteiger partial charge in [-0.2, -0.15) is 0 Å². The summed E-state index contributed by atoms with van der Waals surface area (Å²) in [6.07, 6.45) is 8.45. The zero-order valence-electron chi connectivity index (χ0n) is 11.9. The Morgan fingerprint density at radius 1 is 1.24 bits per heavy atom. The number of rotatable bonds is 6. The van der Waals surface area contributed by atoms with Crippen LogP contribution in [-0.2, 0) is 0 Å². The van der Waals surface area contributed by atoms with E-state index in [-0.39, 0.29) is 5.54 Å². The van der Waals surface area contributed by atoms with Crippen molar-refractivity contribution in [3.05, 3.63) is 0 Å². The molecule has 3 atom stereocenters. The van der Waals surface area contributed by atoms with Gasteiger partial charge in [0.1, 0.15) is 0 Å². The van der Waals surface area contributed by atoms with Crippen molar-refractivity contribution in [2.24, 2.45) is 23.5 Å². The highest BCUT2D eigenvalue weighted by atomic mass is 15.1. The Hall–Kier alpha value is -0.0800. The van der Waals surface area contributed by atoms with E-state index >= 15 is 0 Å². The normalized spacial score (nSPS) is 32.6. The van der Waals surface area contributed by atoms with Gasteiger partial charge in [-0.25, -0.2) is 0 Å². The summed E-state index contributed by atoms with van der Waals surface area (Å²) >= 11 is 0. The van der Waals surface area contributed by atoms with Gasteiger partial charge in [-0.1, -0.05) is 6.42 Å². The zero-order valence-corrected chi connectivity index (χ0v) is 11.9. The number of nitrogens with zero attached hydrogens (tertiary/aromatic N) is 1. The fraction of sp³-hybridized carbons (Fsp3) is 1.00. The first kappa shape index (κ1) is 13.4. The Bertz CT molecular complexity index is 244. The van der Waals surface area contributed by atoms with Gasteiger partial charge in [0.2, 0.25) is 0 Å². The minimum absolute atomic E-state index is 0.00721. The molecule has 0 spiro atoms. The second kappa shape index (κ2) is 5.27. The van der Waals surface area contributed by atoms with Gasteiger partial charge in [-0.05, 0) is 77.3 Å². The van der Waals surface area contributed by atoms with Gasteiger partial charge >= 0.3 is 0 Å². The Morgan fingerprint density at radius 3 is 2.53 bits per heavy atom. The summed E-state index contributed by atoms with van der Waals surface area (Å²) in [5.41, 5.74) is 6.02. The summed E-state index contributed by atoms with van der Waals surface area (Å²) in [5.74, 6) is 3.15. The molecule has 0 aliphatic heterocycles. The van der Waals surface area contributed by atoms with Crippen LogP contribution in [-0.4, -0.2) is 30.6 Å². The van der Waals surface area contributed by atoms with E-state index in [1.54, 1.807) is 0 Å². The number of hydrogen-bond donors (Lipinski definition) is 1. The molecule has 2 rings (SSSR count). The van der Waals surface area contributed by atoms with Crippen LogP contribution in [0.4, 0.5) is 0 Å². The number of hydrogen-bond acceptors (Lipinski definition) is 2. The van der Waals surface area contributed by atoms with Crippen LogP contribution in [0.1, 0.15) is 52.4 Å². The first-order valence-corrected chi connectivity index (χ1v) is 7.41. The molecule has 2 saturated carbocycles. The Morgan fingerprint density at radius 2 is 2.00 bits per heavy atom. The molecule has 17 heavy (non-hydrogen) atoms. The Balaban J connectivity index is 1.63. The molecular weight excluding hydrogens is 208 g/mol. The minimum Gasteiger partial charge on any atom is -0.326 e. The lowest BCUT2D eigenvalue weighted by atomic mass is 9.88. The third-order valence-electron chi connectivity index (χ3n) is 4.79. The molecule has 2 bridgehead atoms. The highest BCUT2D eigenvalue weighted by Crippen LogP contribution is 2.48. The van der Waals surface area contributed by atoms with Crippen molar-refractivity contribution in [1.82, 2.24) is 4.90 Å². The summed E-state index contributed by atoms with van der Waals surface area (Å²) in [7, 11) is 2.29. The van der Waals surface area contributed by atoms with Crippen molar-refractivity contribution in [2.45, 2.75) is 57.9 Å². The maximum atomic E-state index is 6.02. The molecule has 2 heteroatoms. The van der Waals surface area contributed by atoms with E-state index in [2.05, 4.69) is 25.8 Å². The van der Waals surface area contributed by atoms with Crippen molar-refractivity contribution in [3.63, 3.8) is 0 Å². The van der Waals surface area contributed by atoms with Crippen molar-refractivity contribution in [2.75, 3.05) is 20.1 Å². The SMILES string of the molecule is CN(CCCC(C)(C)N)CC1CC2CCC1C2. The van der Waals surface area contributed by atoms with Gasteiger partial charge in [0.05, 0.1) is 0 Å². The van der Waals surface area contributed by atoms with E-state index in [0.29, 0.717) is 0 Å². The van der Waals surface area contributed by atoms with Crippen LogP contribution < -0.4 is 5.73 Å². The van der Waals surface area contributed by atoms with Crippen LogP contribution in [0.2, 0.25) is 0 Å². The summed E-state index contributed by atoms with van der Waals surface area (Å²) in [4.78, 5) is 2.54. The van der Waals surface area contributed by atoms with E-state index in [1.165, 1.54) is 45.2 Å². The molecule has 100 valence electrons. The van der Waals surface area contributed by atoms with Crippen LogP contribution in [0.3, 0.4) is 0 Å². The van der Waals surface area contributed by atoms with Crippen LogP contribution in [0.5, 0.6) is 0 Å². The van der Waals surface area contributed by atoms with Gasteiger partial charge in [0.15, 0.2) is 0 Å². The van der Waals surface area contributed by atoms with Crippen LogP contribution in [0.25, 0.3) is 0 Å². The van der Waals surface area contributed by atoms with Crippen molar-refractivity contribution in [1.29, 1.82) is 0 Å². The fourth-order valence-corrected chi connectivity index (χ4v) is 3.90. The number of fused-ring (bicyclic) bond motifs is 2. The molecule has 2 aliphatic rings. The molecule has 0 aromatic heterocycles. The molecule has 2 fully saturated rings. The zero-order chi connectivity index (χ0) is 12.5. The highest BCUT2D eigenvalue weighted by Gasteiger charge is 2.39. The molecule has 0 aromatic carbocycles. The van der Waals surface area contributed by atoms with Crippen LogP contribution >= 0.6 is 0 Å². The van der Waals surface area contributed by atoms with Gasteiger partial charge in [0.25, 0.3) is 0 Å². The molecule has 2 N–H and O–H groups in total. The Kier molecular flexibility index (Phi) is 4.14. The molecular formula is C15H30N2. The smallest absolute Gasteiger partial charge is 0.00975 e. The lowest BCUT2D eigenvalue weighted by Gasteiger charge is -2.28. The van der Waals surface area contributed by atoms with Crippen LogP contribution in [0, 0.1) is 17.8 Å². The van der Waals surface area contributed by atoms with Crippen molar-refractivity contribution >= 4 is 0 Å². The van der Waals surface area contributed by atoms with Crippen molar-refractivity contribution < 1.29 is 0 Å². The largest absolute Gasteiger partial charge is 0.326 e. The average Bonchev–Trinajstić information content (AvgIpc) is 2.76. The molecule has 2 aliphatic carbocycles. The van der Waals surface area contributed by atoms with E-state index < -0.39 is 0 Å². The lowest BCUT2D eigenvalue weighted by Crippen LogP contribution is -2.34. The van der Waals surface area contributed by atoms with Crippen LogP contribution in [0.15, 0.2) is 0 Å². The summed E-state index contributed by atoms with van der Waals surface area (Å²) in [5, 5.41) is 0. The summed E-state index contributed by atoms with van der Waals surface area (Å²) in [6.45, 7) is 6.80. The van der Waals surface area contributed by atoms with Crippen molar-refractivity contribution in [3.8, 4) is 0 Å². The van der Waals surface area contributed by atoms with E-state index in [4.69, 9.17) is 5.73 Å². The molecule has 0 saturated heterocycles.